The molecule has 114 valence electrons. The van der Waals surface area contributed by atoms with Crippen LogP contribution in [0.3, 0.4) is 0 Å². The molecule has 0 bridgehead atoms. The lowest BCUT2D eigenvalue weighted by Gasteiger charge is -2.26. The molecule has 0 aromatic heterocycles. The first-order valence-corrected chi connectivity index (χ1v) is 8.12. The van der Waals surface area contributed by atoms with E-state index in [2.05, 4.69) is 5.32 Å². The fraction of sp³-hybridized carbons (Fsp3) is 0.875. The van der Waals surface area contributed by atoms with Gasteiger partial charge in [-0.2, -0.15) is 0 Å². The number of hydrogen-bond acceptors (Lipinski definition) is 2. The Hall–Kier alpha value is -1.06. The van der Waals surface area contributed by atoms with Gasteiger partial charge in [-0.15, -0.1) is 0 Å². The van der Waals surface area contributed by atoms with Crippen molar-refractivity contribution in [3.8, 4) is 0 Å². The van der Waals surface area contributed by atoms with Crippen molar-refractivity contribution in [2.45, 2.75) is 57.8 Å². The van der Waals surface area contributed by atoms with Crippen LogP contribution >= 0.6 is 0 Å². The van der Waals surface area contributed by atoms with Gasteiger partial charge < -0.3 is 11.1 Å². The van der Waals surface area contributed by atoms with Crippen molar-refractivity contribution in [3.63, 3.8) is 0 Å². The van der Waals surface area contributed by atoms with Gasteiger partial charge in [0.1, 0.15) is 0 Å². The maximum atomic E-state index is 12.2. The normalized spacial score (nSPS) is 22.4. The minimum absolute atomic E-state index is 0.00324. The van der Waals surface area contributed by atoms with E-state index in [4.69, 9.17) is 5.73 Å². The molecule has 2 saturated carbocycles. The molecule has 0 aromatic rings. The van der Waals surface area contributed by atoms with Crippen LogP contribution in [0, 0.1) is 23.7 Å². The Morgan fingerprint density at radius 3 is 2.25 bits per heavy atom. The van der Waals surface area contributed by atoms with Crippen LogP contribution in [0.4, 0.5) is 0 Å². The molecular formula is C16H28N2O2. The number of primary amides is 1. The summed E-state index contributed by atoms with van der Waals surface area (Å²) in [6, 6.07) is 0. The molecule has 3 N–H and O–H groups in total. The van der Waals surface area contributed by atoms with Gasteiger partial charge in [0.25, 0.3) is 0 Å². The van der Waals surface area contributed by atoms with Crippen molar-refractivity contribution < 1.29 is 9.59 Å². The van der Waals surface area contributed by atoms with Gasteiger partial charge >= 0.3 is 0 Å². The molecule has 20 heavy (non-hydrogen) atoms. The van der Waals surface area contributed by atoms with Crippen LogP contribution in [-0.2, 0) is 9.59 Å². The van der Waals surface area contributed by atoms with Crippen LogP contribution in [0.15, 0.2) is 0 Å². The predicted octanol–water partition coefficient (Wildman–Crippen LogP) is 2.22. The first-order chi connectivity index (χ1) is 9.61. The van der Waals surface area contributed by atoms with Gasteiger partial charge in [0.2, 0.25) is 11.8 Å². The van der Waals surface area contributed by atoms with Crippen molar-refractivity contribution in [3.05, 3.63) is 0 Å². The van der Waals surface area contributed by atoms with Crippen LogP contribution in [0.2, 0.25) is 0 Å². The summed E-state index contributed by atoms with van der Waals surface area (Å²) in [4.78, 5) is 24.0. The Labute approximate surface area is 121 Å². The average molecular weight is 280 g/mol. The Morgan fingerprint density at radius 2 is 1.75 bits per heavy atom. The zero-order chi connectivity index (χ0) is 14.5. The second-order valence-corrected chi connectivity index (χ2v) is 6.64. The highest BCUT2D eigenvalue weighted by Crippen LogP contribution is 2.38. The van der Waals surface area contributed by atoms with Gasteiger partial charge in [-0.05, 0) is 31.1 Å². The number of nitrogens with one attached hydrogen (secondary N) is 1. The first kappa shape index (κ1) is 15.3. The topological polar surface area (TPSA) is 72.2 Å². The van der Waals surface area contributed by atoms with E-state index in [1.54, 1.807) is 7.05 Å². The summed E-state index contributed by atoms with van der Waals surface area (Å²) in [5, 5.41) is 2.73. The highest BCUT2D eigenvalue weighted by atomic mass is 16.2. The van der Waals surface area contributed by atoms with E-state index in [-0.39, 0.29) is 23.7 Å². The third-order valence-electron chi connectivity index (χ3n) is 5.08. The lowest BCUT2D eigenvalue weighted by molar-refractivity contribution is -0.134. The average Bonchev–Trinajstić information content (AvgIpc) is 3.11. The van der Waals surface area contributed by atoms with Crippen LogP contribution in [0.1, 0.15) is 57.8 Å². The molecule has 2 fully saturated rings. The molecule has 2 amide bonds. The van der Waals surface area contributed by atoms with E-state index in [0.717, 1.165) is 25.2 Å². The standard InChI is InChI=1S/C16H28N2O2/c1-18-16(20)14(10-12-4-2-3-5-12)13(15(17)19)9-8-11-6-7-11/h11-14H,2-10H2,1H3,(H2,17,19)(H,18,20). The van der Waals surface area contributed by atoms with Crippen LogP contribution < -0.4 is 11.1 Å². The molecule has 4 heteroatoms. The van der Waals surface area contributed by atoms with E-state index in [9.17, 15) is 9.59 Å². The van der Waals surface area contributed by atoms with Crippen LogP contribution in [-0.4, -0.2) is 18.9 Å². The fourth-order valence-corrected chi connectivity index (χ4v) is 3.61. The molecular weight excluding hydrogens is 252 g/mol. The minimum atomic E-state index is -0.294. The largest absolute Gasteiger partial charge is 0.369 e. The molecule has 2 aliphatic rings. The summed E-state index contributed by atoms with van der Waals surface area (Å²) in [5.41, 5.74) is 5.59. The molecule has 0 aliphatic heterocycles. The second-order valence-electron chi connectivity index (χ2n) is 6.64. The summed E-state index contributed by atoms with van der Waals surface area (Å²) < 4.78 is 0. The summed E-state index contributed by atoms with van der Waals surface area (Å²) in [6.45, 7) is 0. The van der Waals surface area contributed by atoms with E-state index in [0.29, 0.717) is 5.92 Å². The second kappa shape index (κ2) is 7.09. The van der Waals surface area contributed by atoms with Gasteiger partial charge in [-0.25, -0.2) is 0 Å². The van der Waals surface area contributed by atoms with Gasteiger partial charge in [0.05, 0.1) is 0 Å². The maximum Gasteiger partial charge on any atom is 0.223 e. The van der Waals surface area contributed by atoms with Crippen molar-refractivity contribution in [2.24, 2.45) is 29.4 Å². The quantitative estimate of drug-likeness (QED) is 0.715. The lowest BCUT2D eigenvalue weighted by atomic mass is 9.80. The number of rotatable bonds is 8. The number of hydrogen-bond donors (Lipinski definition) is 2. The predicted molar refractivity (Wildman–Crippen MR) is 78.8 cm³/mol. The molecule has 4 nitrogen and oxygen atoms in total. The first-order valence-electron chi connectivity index (χ1n) is 8.12. The number of carbonyl (C=O) groups excluding carboxylic acids is 2. The van der Waals surface area contributed by atoms with E-state index in [1.165, 1.54) is 38.5 Å². The van der Waals surface area contributed by atoms with Gasteiger partial charge in [-0.1, -0.05) is 38.5 Å². The van der Waals surface area contributed by atoms with Gasteiger partial charge in [0.15, 0.2) is 0 Å². The number of nitrogens with two attached hydrogens (primary N) is 1. The lowest BCUT2D eigenvalue weighted by Crippen LogP contribution is -2.40. The third-order valence-corrected chi connectivity index (χ3v) is 5.08. The minimum Gasteiger partial charge on any atom is -0.369 e. The Morgan fingerprint density at radius 1 is 1.10 bits per heavy atom. The smallest absolute Gasteiger partial charge is 0.223 e. The summed E-state index contributed by atoms with van der Waals surface area (Å²) in [5.74, 6) is 0.568. The molecule has 0 spiro atoms. The van der Waals surface area contributed by atoms with Crippen molar-refractivity contribution in [2.75, 3.05) is 7.05 Å². The van der Waals surface area contributed by atoms with Gasteiger partial charge in [-0.3, -0.25) is 9.59 Å². The van der Waals surface area contributed by atoms with Crippen molar-refractivity contribution in [1.82, 2.24) is 5.32 Å². The summed E-state index contributed by atoms with van der Waals surface area (Å²) >= 11 is 0. The molecule has 2 rings (SSSR count). The summed E-state index contributed by atoms with van der Waals surface area (Å²) in [7, 11) is 1.66. The Bertz CT molecular complexity index is 346. The van der Waals surface area contributed by atoms with Crippen LogP contribution in [0.25, 0.3) is 0 Å². The third kappa shape index (κ3) is 4.22. The summed E-state index contributed by atoms with van der Waals surface area (Å²) in [6.07, 6.45) is 10.1. The molecule has 0 aromatic carbocycles. The number of carbonyl (C=O) groups is 2. The SMILES string of the molecule is CNC(=O)C(CC1CCCC1)C(CCC1CC1)C(N)=O. The molecule has 2 atom stereocenters. The molecule has 0 heterocycles. The van der Waals surface area contributed by atoms with E-state index in [1.807, 2.05) is 0 Å². The van der Waals surface area contributed by atoms with Crippen LogP contribution in [0.5, 0.6) is 0 Å². The highest BCUT2D eigenvalue weighted by molar-refractivity contribution is 5.86. The number of amides is 2. The fourth-order valence-electron chi connectivity index (χ4n) is 3.61. The monoisotopic (exact) mass is 280 g/mol. The molecule has 2 aliphatic carbocycles. The van der Waals surface area contributed by atoms with Gasteiger partial charge in [0, 0.05) is 18.9 Å². The Balaban J connectivity index is 1.99. The van der Waals surface area contributed by atoms with E-state index < -0.39 is 0 Å². The Kier molecular flexibility index (Phi) is 5.44. The molecule has 0 radical (unpaired) electrons. The maximum absolute atomic E-state index is 12.2. The molecule has 0 saturated heterocycles. The highest BCUT2D eigenvalue weighted by Gasteiger charge is 2.35. The zero-order valence-electron chi connectivity index (χ0n) is 12.6. The molecule has 2 unspecified atom stereocenters. The van der Waals surface area contributed by atoms with Crippen molar-refractivity contribution in [1.29, 1.82) is 0 Å². The van der Waals surface area contributed by atoms with E-state index >= 15 is 0 Å². The van der Waals surface area contributed by atoms with Crippen molar-refractivity contribution >= 4 is 11.8 Å². The zero-order valence-corrected chi connectivity index (χ0v) is 12.6.